The zero-order valence-electron chi connectivity index (χ0n) is 8.08. The van der Waals surface area contributed by atoms with E-state index in [0.29, 0.717) is 5.35 Å². The number of carbonyl (C=O) groups excluding carboxylic acids is 1. The first-order chi connectivity index (χ1) is 6.63. The Morgan fingerprint density at radius 2 is 1.93 bits per heavy atom. The maximum absolute atomic E-state index is 11.4. The number of benzene rings is 1. The molecule has 0 amide bonds. The van der Waals surface area contributed by atoms with Gasteiger partial charge in [0.25, 0.3) is 0 Å². The monoisotopic (exact) mass is 185 g/mol. The molecule has 0 atom stereocenters. The van der Waals surface area contributed by atoms with Gasteiger partial charge in [0.15, 0.2) is 0 Å². The van der Waals surface area contributed by atoms with Crippen LogP contribution >= 0.6 is 0 Å². The molecule has 0 aliphatic rings. The van der Waals surface area contributed by atoms with Crippen molar-refractivity contribution in [1.82, 2.24) is 4.57 Å². The van der Waals surface area contributed by atoms with Crippen LogP contribution in [0.1, 0.15) is 11.7 Å². The van der Waals surface area contributed by atoms with Gasteiger partial charge < -0.3 is 0 Å². The van der Waals surface area contributed by atoms with Crippen molar-refractivity contribution in [1.29, 1.82) is 0 Å². The van der Waals surface area contributed by atoms with E-state index < -0.39 is 0 Å². The van der Waals surface area contributed by atoms with Crippen LogP contribution in [0, 0.1) is 0 Å². The summed E-state index contributed by atoms with van der Waals surface area (Å²) in [6, 6.07) is 7.69. The maximum Gasteiger partial charge on any atom is 0.228 e. The van der Waals surface area contributed by atoms with Crippen molar-refractivity contribution in [3.8, 4) is 0 Å². The molecule has 0 N–H and O–H groups in total. The molecule has 1 aromatic carbocycles. The SMILES string of the molecule is C=c1c(=C)n(C(C)=O)c2ccccc12. The summed E-state index contributed by atoms with van der Waals surface area (Å²) in [6.45, 7) is 9.30. The minimum Gasteiger partial charge on any atom is -0.281 e. The first-order valence-electron chi connectivity index (χ1n) is 4.41. The van der Waals surface area contributed by atoms with E-state index in [9.17, 15) is 4.79 Å². The van der Waals surface area contributed by atoms with Gasteiger partial charge in [-0.1, -0.05) is 31.4 Å². The fourth-order valence-electron chi connectivity index (χ4n) is 1.72. The van der Waals surface area contributed by atoms with Crippen LogP contribution in [0.3, 0.4) is 0 Å². The fourth-order valence-corrected chi connectivity index (χ4v) is 1.72. The molecule has 0 unspecified atom stereocenters. The third-order valence-corrected chi connectivity index (χ3v) is 2.40. The van der Waals surface area contributed by atoms with E-state index in [-0.39, 0.29) is 5.91 Å². The minimum absolute atomic E-state index is 0.0268. The molecule has 0 radical (unpaired) electrons. The first kappa shape index (κ1) is 8.75. The number of rotatable bonds is 0. The number of carbonyl (C=O) groups is 1. The van der Waals surface area contributed by atoms with Crippen molar-refractivity contribution >= 4 is 30.0 Å². The summed E-state index contributed by atoms with van der Waals surface area (Å²) in [7, 11) is 0. The molecule has 0 bridgehead atoms. The Labute approximate surface area is 81.8 Å². The van der Waals surface area contributed by atoms with Crippen LogP contribution in [0.25, 0.3) is 24.1 Å². The van der Waals surface area contributed by atoms with Crippen molar-refractivity contribution < 1.29 is 4.79 Å². The van der Waals surface area contributed by atoms with E-state index in [1.165, 1.54) is 6.92 Å². The van der Waals surface area contributed by atoms with Crippen LogP contribution in [-0.2, 0) is 0 Å². The molecule has 14 heavy (non-hydrogen) atoms. The van der Waals surface area contributed by atoms with Crippen LogP contribution in [0.5, 0.6) is 0 Å². The number of fused-ring (bicyclic) bond motifs is 1. The smallest absolute Gasteiger partial charge is 0.228 e. The van der Waals surface area contributed by atoms with Crippen molar-refractivity contribution in [2.24, 2.45) is 0 Å². The molecule has 2 nitrogen and oxygen atoms in total. The third-order valence-electron chi connectivity index (χ3n) is 2.40. The lowest BCUT2D eigenvalue weighted by molar-refractivity contribution is 0.0939. The summed E-state index contributed by atoms with van der Waals surface area (Å²) in [5, 5.41) is 2.50. The lowest BCUT2D eigenvalue weighted by Crippen LogP contribution is -2.29. The van der Waals surface area contributed by atoms with Gasteiger partial charge in [0.05, 0.1) is 5.52 Å². The predicted octanol–water partition coefficient (Wildman–Crippen LogP) is 1.12. The van der Waals surface area contributed by atoms with Gasteiger partial charge in [-0.3, -0.25) is 9.36 Å². The van der Waals surface area contributed by atoms with Crippen LogP contribution < -0.4 is 10.6 Å². The maximum atomic E-state index is 11.4. The van der Waals surface area contributed by atoms with E-state index in [4.69, 9.17) is 0 Å². The van der Waals surface area contributed by atoms with Gasteiger partial charge in [0.1, 0.15) is 0 Å². The van der Waals surface area contributed by atoms with Gasteiger partial charge in [0.2, 0.25) is 5.91 Å². The zero-order valence-corrected chi connectivity index (χ0v) is 8.08. The lowest BCUT2D eigenvalue weighted by Gasteiger charge is -1.98. The van der Waals surface area contributed by atoms with E-state index in [1.807, 2.05) is 24.3 Å². The highest BCUT2D eigenvalue weighted by molar-refractivity contribution is 5.91. The lowest BCUT2D eigenvalue weighted by atomic mass is 10.2. The Morgan fingerprint density at radius 1 is 1.29 bits per heavy atom. The van der Waals surface area contributed by atoms with Gasteiger partial charge in [-0.15, -0.1) is 0 Å². The summed E-state index contributed by atoms with van der Waals surface area (Å²) in [6.07, 6.45) is 0. The molecule has 0 saturated heterocycles. The normalized spacial score (nSPS) is 10.6. The molecule has 2 aromatic rings. The Hall–Kier alpha value is -1.83. The summed E-state index contributed by atoms with van der Waals surface area (Å²) >= 11 is 0. The number of aromatic nitrogens is 1. The van der Waals surface area contributed by atoms with Gasteiger partial charge in [0, 0.05) is 22.9 Å². The van der Waals surface area contributed by atoms with E-state index >= 15 is 0 Å². The average Bonchev–Trinajstić information content (AvgIpc) is 2.41. The van der Waals surface area contributed by atoms with Crippen molar-refractivity contribution in [2.45, 2.75) is 6.92 Å². The molecule has 1 heterocycles. The number of para-hydroxylation sites is 1. The zero-order chi connectivity index (χ0) is 10.3. The molecule has 1 aromatic heterocycles. The molecule has 70 valence electrons. The number of hydrogen-bond donors (Lipinski definition) is 0. The summed E-state index contributed by atoms with van der Waals surface area (Å²) in [5.41, 5.74) is 0.884. The van der Waals surface area contributed by atoms with Crippen LogP contribution in [0.15, 0.2) is 24.3 Å². The molecule has 2 heteroatoms. The van der Waals surface area contributed by atoms with E-state index in [1.54, 1.807) is 4.57 Å². The summed E-state index contributed by atoms with van der Waals surface area (Å²) in [5.74, 6) is -0.0268. The second-order valence-corrected chi connectivity index (χ2v) is 3.30. The van der Waals surface area contributed by atoms with Crippen molar-refractivity contribution in [3.05, 3.63) is 34.8 Å². The topological polar surface area (TPSA) is 22.0 Å². The van der Waals surface area contributed by atoms with E-state index in [0.717, 1.165) is 16.1 Å². The molecule has 0 saturated carbocycles. The quantitative estimate of drug-likeness (QED) is 0.603. The molecular weight excluding hydrogens is 174 g/mol. The highest BCUT2D eigenvalue weighted by Gasteiger charge is 2.06. The summed E-state index contributed by atoms with van der Waals surface area (Å²) in [4.78, 5) is 11.4. The standard InChI is InChI=1S/C12H11NO/c1-8-9(2)13(10(3)14)12-7-5-4-6-11(8)12/h4-7H,1-2H2,3H3. The first-order valence-corrected chi connectivity index (χ1v) is 4.41. The molecule has 0 fully saturated rings. The molecule has 0 aliphatic heterocycles. The highest BCUT2D eigenvalue weighted by atomic mass is 16.1. The van der Waals surface area contributed by atoms with Crippen LogP contribution in [0.4, 0.5) is 0 Å². The Kier molecular flexibility index (Phi) is 1.78. The Balaban J connectivity index is 3.11. The van der Waals surface area contributed by atoms with Crippen LogP contribution in [0.2, 0.25) is 0 Å². The third kappa shape index (κ3) is 1.01. The largest absolute Gasteiger partial charge is 0.281 e. The van der Waals surface area contributed by atoms with Gasteiger partial charge in [-0.25, -0.2) is 0 Å². The highest BCUT2D eigenvalue weighted by Crippen LogP contribution is 2.07. The van der Waals surface area contributed by atoms with Gasteiger partial charge in [-0.2, -0.15) is 0 Å². The van der Waals surface area contributed by atoms with Crippen LogP contribution in [-0.4, -0.2) is 10.5 Å². The van der Waals surface area contributed by atoms with E-state index in [2.05, 4.69) is 13.2 Å². The predicted molar refractivity (Wildman–Crippen MR) is 58.5 cm³/mol. The van der Waals surface area contributed by atoms with Crippen molar-refractivity contribution in [3.63, 3.8) is 0 Å². The Morgan fingerprint density at radius 3 is 2.57 bits per heavy atom. The summed E-state index contributed by atoms with van der Waals surface area (Å²) < 4.78 is 1.59. The average molecular weight is 185 g/mol. The Bertz CT molecular complexity index is 607. The second-order valence-electron chi connectivity index (χ2n) is 3.30. The minimum atomic E-state index is -0.0268. The second kappa shape index (κ2) is 2.84. The van der Waals surface area contributed by atoms with Gasteiger partial charge >= 0.3 is 0 Å². The van der Waals surface area contributed by atoms with Gasteiger partial charge in [-0.05, 0) is 6.07 Å². The van der Waals surface area contributed by atoms with Crippen molar-refractivity contribution in [2.75, 3.05) is 0 Å². The fraction of sp³-hybridized carbons (Fsp3) is 0.0833. The molecule has 0 spiro atoms. The number of hydrogen-bond acceptors (Lipinski definition) is 1. The molecule has 0 aliphatic carbocycles. The number of nitrogens with zero attached hydrogens (tertiary/aromatic N) is 1. The molecule has 2 rings (SSSR count). The molecular formula is C12H11NO.